The summed E-state index contributed by atoms with van der Waals surface area (Å²) in [5, 5.41) is 49.7. The summed E-state index contributed by atoms with van der Waals surface area (Å²) < 4.78 is 5.64. The lowest BCUT2D eigenvalue weighted by Crippen LogP contribution is -2.62. The smallest absolute Gasteiger partial charge is 0.407 e. The highest BCUT2D eigenvalue weighted by molar-refractivity contribution is 5.99. The minimum atomic E-state index is -1.78. The van der Waals surface area contributed by atoms with Crippen LogP contribution in [0.3, 0.4) is 0 Å². The molecule has 0 bridgehead atoms. The van der Waals surface area contributed by atoms with E-state index in [1.807, 2.05) is 48.5 Å². The molecule has 12 atom stereocenters. The van der Waals surface area contributed by atoms with E-state index in [0.29, 0.717) is 5.56 Å². The number of hydrogen-bond donors (Lipinski definition) is 18. The Kier molecular flexibility index (Phi) is 29.8. The van der Waals surface area contributed by atoms with E-state index >= 15 is 0 Å². The second-order valence-electron chi connectivity index (χ2n) is 23.2. The van der Waals surface area contributed by atoms with Crippen LogP contribution in [0.2, 0.25) is 0 Å². The van der Waals surface area contributed by atoms with E-state index in [2.05, 4.69) is 58.5 Å². The first kappa shape index (κ1) is 74.1. The van der Waals surface area contributed by atoms with Crippen molar-refractivity contribution in [1.82, 2.24) is 58.5 Å². The summed E-state index contributed by atoms with van der Waals surface area (Å²) in [5.74, 6) is -10.1. The highest BCUT2D eigenvalue weighted by Crippen LogP contribution is 2.44. The zero-order valence-electron chi connectivity index (χ0n) is 52.4. The molecule has 3 aromatic carbocycles. The SMILES string of the molecule is CC(C)C[C@@H]1NC(=O)[C@@H](Cc2ccccc2)NC(=O)[C@H](CCN)NC(=O)[C@@H](NC(=O)[C@H](CCN)NC(=O)[C@H](NC(=O)[C@H](CCN)NC(=O)OCC2c3ccccc3-c3ccccc32)[C@@H](C)O)CCNC(=O)[C@@H]([C@@H](C)O)NC(=O)[C@H](CCN)NC(=O)[C@H](CCN)NC1=O. The molecule has 2 aliphatic rings. The van der Waals surface area contributed by atoms with Crippen molar-refractivity contribution >= 4 is 65.2 Å². The lowest BCUT2D eigenvalue weighted by Gasteiger charge is -2.29. The average Bonchev–Trinajstić information content (AvgIpc) is 1.63. The fourth-order valence-corrected chi connectivity index (χ4v) is 10.7. The van der Waals surface area contributed by atoms with Gasteiger partial charge < -0.3 is 102 Å². The molecule has 30 nitrogen and oxygen atoms in total. The number of aliphatic hydroxyl groups excluding tert-OH is 2. The Labute approximate surface area is 534 Å². The molecule has 0 aromatic heterocycles. The van der Waals surface area contributed by atoms with Gasteiger partial charge in [0, 0.05) is 18.9 Å². The van der Waals surface area contributed by atoms with Gasteiger partial charge in [0.25, 0.3) is 0 Å². The van der Waals surface area contributed by atoms with E-state index in [0.717, 1.165) is 22.3 Å². The molecule has 0 spiro atoms. The van der Waals surface area contributed by atoms with Crippen LogP contribution in [0.1, 0.15) is 95.2 Å². The first-order chi connectivity index (χ1) is 43.9. The van der Waals surface area contributed by atoms with Gasteiger partial charge in [0.15, 0.2) is 0 Å². The van der Waals surface area contributed by atoms with Crippen LogP contribution in [0.15, 0.2) is 78.9 Å². The number of carbonyl (C=O) groups is 11. The zero-order chi connectivity index (χ0) is 67.6. The maximum atomic E-state index is 14.6. The van der Waals surface area contributed by atoms with E-state index < -0.39 is 151 Å². The van der Waals surface area contributed by atoms with Gasteiger partial charge in [-0.1, -0.05) is 92.7 Å². The van der Waals surface area contributed by atoms with Gasteiger partial charge in [0.1, 0.15) is 67.0 Å². The number of benzene rings is 3. The van der Waals surface area contributed by atoms with Crippen LogP contribution >= 0.6 is 0 Å². The van der Waals surface area contributed by atoms with Crippen molar-refractivity contribution in [2.75, 3.05) is 45.9 Å². The Balaban J connectivity index is 1.42. The van der Waals surface area contributed by atoms with Crippen molar-refractivity contribution in [1.29, 1.82) is 0 Å². The van der Waals surface area contributed by atoms with Crippen LogP contribution in [-0.2, 0) is 59.1 Å². The Morgan fingerprint density at radius 1 is 0.533 bits per heavy atom. The topological polar surface area (TPSA) is 500 Å². The number of hydrogen-bond acceptors (Lipinski definition) is 19. The van der Waals surface area contributed by atoms with Crippen molar-refractivity contribution in [3.8, 4) is 11.1 Å². The Morgan fingerprint density at radius 3 is 1.51 bits per heavy atom. The van der Waals surface area contributed by atoms with Gasteiger partial charge in [0.2, 0.25) is 59.1 Å². The maximum Gasteiger partial charge on any atom is 0.407 e. The van der Waals surface area contributed by atoms with Crippen molar-refractivity contribution in [3.05, 3.63) is 95.6 Å². The number of carbonyl (C=O) groups excluding carboxylic acids is 11. The summed E-state index contributed by atoms with van der Waals surface area (Å²) in [5.41, 5.74) is 34.0. The molecule has 23 N–H and O–H groups in total. The van der Waals surface area contributed by atoms with E-state index in [-0.39, 0.29) is 96.1 Å². The number of rotatable bonds is 25. The lowest BCUT2D eigenvalue weighted by atomic mass is 9.98. The molecule has 1 saturated heterocycles. The Bertz CT molecular complexity index is 2960. The summed E-state index contributed by atoms with van der Waals surface area (Å²) >= 11 is 0. The number of alkyl carbamates (subject to hydrolysis) is 1. The minimum absolute atomic E-state index is 0.0366. The second kappa shape index (κ2) is 37.0. The van der Waals surface area contributed by atoms with Crippen molar-refractivity contribution in [2.24, 2.45) is 34.6 Å². The number of nitrogens with one attached hydrogen (secondary N) is 11. The predicted molar refractivity (Wildman–Crippen MR) is 338 cm³/mol. The molecule has 92 heavy (non-hydrogen) atoms. The monoisotopic (exact) mass is 1280 g/mol. The first-order valence-electron chi connectivity index (χ1n) is 31.0. The molecule has 0 radical (unpaired) electrons. The first-order valence-corrected chi connectivity index (χ1v) is 31.0. The predicted octanol–water partition coefficient (Wildman–Crippen LogP) is -4.43. The summed E-state index contributed by atoms with van der Waals surface area (Å²) in [6.07, 6.45) is -5.76. The summed E-state index contributed by atoms with van der Waals surface area (Å²) in [6.45, 7) is 4.53. The third-order valence-corrected chi connectivity index (χ3v) is 15.5. The third-order valence-electron chi connectivity index (χ3n) is 15.5. The van der Waals surface area contributed by atoms with Crippen LogP contribution in [0.4, 0.5) is 4.79 Å². The molecule has 1 aliphatic heterocycles. The second-order valence-corrected chi connectivity index (χ2v) is 23.2. The molecule has 1 aliphatic carbocycles. The molecular weight excluding hydrogens is 1190 g/mol. The van der Waals surface area contributed by atoms with Crippen LogP contribution in [0.5, 0.6) is 0 Å². The molecule has 1 heterocycles. The fraction of sp³-hybridized carbons (Fsp3) is 0.532. The molecular formula is C62H92N16O14. The molecule has 0 saturated carbocycles. The third kappa shape index (κ3) is 21.8. The van der Waals surface area contributed by atoms with E-state index in [4.69, 9.17) is 33.4 Å². The lowest BCUT2D eigenvalue weighted by molar-refractivity contribution is -0.136. The molecule has 0 unspecified atom stereocenters. The Morgan fingerprint density at radius 2 is 1.00 bits per heavy atom. The number of ether oxygens (including phenoxy) is 1. The van der Waals surface area contributed by atoms with Gasteiger partial charge in [0.05, 0.1) is 12.2 Å². The molecule has 3 aromatic rings. The van der Waals surface area contributed by atoms with Crippen molar-refractivity contribution in [3.63, 3.8) is 0 Å². The van der Waals surface area contributed by atoms with Gasteiger partial charge in [-0.3, -0.25) is 47.9 Å². The van der Waals surface area contributed by atoms with Crippen LogP contribution in [-0.4, -0.2) is 194 Å². The highest BCUT2D eigenvalue weighted by atomic mass is 16.5. The van der Waals surface area contributed by atoms with Crippen LogP contribution < -0.4 is 87.2 Å². The van der Waals surface area contributed by atoms with Gasteiger partial charge in [-0.25, -0.2) is 4.79 Å². The molecule has 1 fully saturated rings. The molecule has 504 valence electrons. The van der Waals surface area contributed by atoms with Crippen LogP contribution in [0, 0.1) is 5.92 Å². The normalized spacial score (nSPS) is 22.1. The largest absolute Gasteiger partial charge is 0.449 e. The average molecular weight is 1290 g/mol. The summed E-state index contributed by atoms with van der Waals surface area (Å²) in [4.78, 5) is 155. The molecule has 11 amide bonds. The standard InChI is InChI=1S/C62H92N16O14/c1-33(2)30-48-58(87)71-42(18-24-63)52(81)70-45(21-27-66)56(85)77-50(34(3)79)60(89)68-29-23-47(55(84)69-43(19-25-64)54(83)75-49(59(88)74-48)31-36-12-6-5-7-13-36)72-53(82)44(20-26-65)73-61(90)51(35(4)80)78-57(86)46(22-28-67)76-62(91)92-32-41-39-16-10-8-14-37(39)38-15-9-11-17-40(38)41/h5-17,33-35,41-51,79-80H,18-32,63-67H2,1-4H3,(H,68,89)(H,69,84)(H,70,81)(H,71,87)(H,72,82)(H,73,90)(H,74,88)(H,75,83)(H,76,91)(H,77,85)(H,78,86)/t34-,35-,42+,43+,44+,45+,46+,47+,48+,49-,50-,51-/m1/s1. The van der Waals surface area contributed by atoms with E-state index in [1.54, 1.807) is 44.2 Å². The number of nitrogens with two attached hydrogens (primary N) is 5. The van der Waals surface area contributed by atoms with Crippen molar-refractivity contribution < 1.29 is 67.7 Å². The van der Waals surface area contributed by atoms with Gasteiger partial charge in [-0.2, -0.15) is 0 Å². The quantitative estimate of drug-likeness (QED) is 0.0381. The van der Waals surface area contributed by atoms with Crippen LogP contribution in [0.25, 0.3) is 11.1 Å². The van der Waals surface area contributed by atoms with E-state index in [9.17, 15) is 63.0 Å². The van der Waals surface area contributed by atoms with Gasteiger partial charge >= 0.3 is 6.09 Å². The summed E-state index contributed by atoms with van der Waals surface area (Å²) in [7, 11) is 0. The highest BCUT2D eigenvalue weighted by Gasteiger charge is 2.38. The molecule has 5 rings (SSSR count). The van der Waals surface area contributed by atoms with E-state index in [1.165, 1.54) is 13.8 Å². The number of fused-ring (bicyclic) bond motifs is 3. The van der Waals surface area contributed by atoms with Crippen molar-refractivity contribution in [2.45, 2.75) is 158 Å². The van der Waals surface area contributed by atoms with Gasteiger partial charge in [-0.15, -0.1) is 0 Å². The fourth-order valence-electron chi connectivity index (χ4n) is 10.7. The number of aliphatic hydroxyl groups is 2. The van der Waals surface area contributed by atoms with Gasteiger partial charge in [-0.05, 0) is 125 Å². The zero-order valence-corrected chi connectivity index (χ0v) is 52.4. The Hall–Kier alpha value is -8.65. The number of amides is 11. The summed E-state index contributed by atoms with van der Waals surface area (Å²) in [6, 6.07) is 8.71. The maximum absolute atomic E-state index is 14.6. The minimum Gasteiger partial charge on any atom is -0.449 e. The molecule has 30 heteroatoms.